The number of aromatic amines is 1. The van der Waals surface area contributed by atoms with Crippen molar-refractivity contribution in [3.05, 3.63) is 29.5 Å². The molecule has 162 valence electrons. The number of nitrogens with zero attached hydrogens (tertiary/aromatic N) is 1. The summed E-state index contributed by atoms with van der Waals surface area (Å²) in [5, 5.41) is 1.24. The lowest BCUT2D eigenvalue weighted by Crippen LogP contribution is -2.56. The fraction of sp³-hybridized carbons (Fsp3) is 0.609. The van der Waals surface area contributed by atoms with Gasteiger partial charge in [-0.15, -0.1) is 0 Å². The van der Waals surface area contributed by atoms with Crippen LogP contribution in [0.15, 0.2) is 18.2 Å². The number of H-pyrrole nitrogens is 1. The number of alkyl halides is 1. The molecule has 5 rings (SSSR count). The largest absolute Gasteiger partial charge is 0.497 e. The summed E-state index contributed by atoms with van der Waals surface area (Å²) in [6.07, 6.45) is 0.332. The van der Waals surface area contributed by atoms with Crippen LogP contribution < -0.4 is 4.74 Å². The second kappa shape index (κ2) is 7.54. The Bertz CT molecular complexity index is 960. The highest BCUT2D eigenvalue weighted by Gasteiger charge is 2.53. The Balaban J connectivity index is 1.52. The zero-order valence-corrected chi connectivity index (χ0v) is 17.7. The molecule has 1 saturated carbocycles. The van der Waals surface area contributed by atoms with Crippen LogP contribution in [0.25, 0.3) is 10.9 Å². The van der Waals surface area contributed by atoms with Crippen LogP contribution in [0.2, 0.25) is 0 Å². The van der Waals surface area contributed by atoms with Crippen LogP contribution in [-0.4, -0.2) is 62.5 Å². The van der Waals surface area contributed by atoms with Gasteiger partial charge in [-0.25, -0.2) is 4.39 Å². The number of nitrogens with one attached hydrogen (secondary N) is 1. The SMILES string of the molecule is COC(=O)[C@H]1[C@H]2C[C@@H]3c4[nH]c5cc(OC)ccc5c4CCN3C[C@H]2C[C@H](F)[C@@H]1OC. The number of benzene rings is 1. The molecule has 1 aromatic carbocycles. The first-order chi connectivity index (χ1) is 14.5. The minimum absolute atomic E-state index is 0.0440. The van der Waals surface area contributed by atoms with Crippen molar-refractivity contribution in [2.24, 2.45) is 17.8 Å². The van der Waals surface area contributed by atoms with E-state index in [0.29, 0.717) is 6.42 Å². The number of ether oxygens (including phenoxy) is 3. The third-order valence-electron chi connectivity index (χ3n) is 7.58. The Morgan fingerprint density at radius 1 is 1.23 bits per heavy atom. The van der Waals surface area contributed by atoms with Crippen LogP contribution >= 0.6 is 0 Å². The quantitative estimate of drug-likeness (QED) is 0.779. The summed E-state index contributed by atoms with van der Waals surface area (Å²) in [5.41, 5.74) is 3.66. The van der Waals surface area contributed by atoms with Crippen LogP contribution in [0.3, 0.4) is 0 Å². The fourth-order valence-corrected chi connectivity index (χ4v) is 6.22. The number of esters is 1. The maximum atomic E-state index is 14.9. The summed E-state index contributed by atoms with van der Waals surface area (Å²) in [7, 11) is 4.55. The summed E-state index contributed by atoms with van der Waals surface area (Å²) in [6.45, 7) is 1.76. The average Bonchev–Trinajstić information content (AvgIpc) is 3.14. The molecular weight excluding hydrogens is 387 g/mol. The predicted molar refractivity (Wildman–Crippen MR) is 110 cm³/mol. The zero-order valence-electron chi connectivity index (χ0n) is 17.7. The molecule has 1 aromatic heterocycles. The Morgan fingerprint density at radius 2 is 2.07 bits per heavy atom. The van der Waals surface area contributed by atoms with Crippen LogP contribution in [0.5, 0.6) is 5.75 Å². The van der Waals surface area contributed by atoms with E-state index >= 15 is 0 Å². The lowest BCUT2D eigenvalue weighted by molar-refractivity contribution is -0.169. The number of rotatable bonds is 3. The molecule has 1 saturated heterocycles. The topological polar surface area (TPSA) is 63.8 Å². The van der Waals surface area contributed by atoms with Crippen LogP contribution in [0.1, 0.15) is 30.1 Å². The van der Waals surface area contributed by atoms with E-state index in [9.17, 15) is 9.18 Å². The van der Waals surface area contributed by atoms with Gasteiger partial charge in [-0.2, -0.15) is 0 Å². The number of halogens is 1. The van der Waals surface area contributed by atoms with E-state index in [2.05, 4.69) is 16.0 Å². The molecule has 2 aromatic rings. The number of aromatic nitrogens is 1. The Labute approximate surface area is 175 Å². The molecule has 2 fully saturated rings. The standard InChI is InChI=1S/C23H29FN2O4/c1-28-13-4-5-14-15-6-7-26-11-12-8-17(24)22(29-2)20(23(27)30-3)16(12)10-19(26)21(15)25-18(14)9-13/h4-5,9,12,16-17,19-20,22,25H,6-8,10-11H2,1-3H3/t12-,16+,17+,19-,20+,22+/m1/s1. The molecule has 0 unspecified atom stereocenters. The van der Waals surface area contributed by atoms with Crippen LogP contribution in [-0.2, 0) is 20.7 Å². The van der Waals surface area contributed by atoms with E-state index in [4.69, 9.17) is 14.2 Å². The van der Waals surface area contributed by atoms with Crippen molar-refractivity contribution in [1.29, 1.82) is 0 Å². The lowest BCUT2D eigenvalue weighted by atomic mass is 9.64. The summed E-state index contributed by atoms with van der Waals surface area (Å²) in [6, 6.07) is 6.35. The molecule has 0 amide bonds. The first-order valence-electron chi connectivity index (χ1n) is 10.7. The van der Waals surface area contributed by atoms with Crippen LogP contribution in [0, 0.1) is 17.8 Å². The van der Waals surface area contributed by atoms with Gasteiger partial charge in [-0.1, -0.05) is 0 Å². The Hall–Kier alpha value is -2.12. The maximum Gasteiger partial charge on any atom is 0.311 e. The lowest BCUT2D eigenvalue weighted by Gasteiger charge is -2.52. The van der Waals surface area contributed by atoms with E-state index in [0.717, 1.165) is 37.2 Å². The number of methoxy groups -OCH3 is 3. The van der Waals surface area contributed by atoms with Crippen molar-refractivity contribution < 1.29 is 23.4 Å². The summed E-state index contributed by atoms with van der Waals surface area (Å²) in [4.78, 5) is 18.7. The van der Waals surface area contributed by atoms with Gasteiger partial charge in [0.2, 0.25) is 0 Å². The van der Waals surface area contributed by atoms with E-state index in [1.54, 1.807) is 7.11 Å². The number of carbonyl (C=O) groups excluding carboxylic acids is 1. The number of piperidine rings is 1. The summed E-state index contributed by atoms with van der Waals surface area (Å²) >= 11 is 0. The smallest absolute Gasteiger partial charge is 0.311 e. The molecule has 30 heavy (non-hydrogen) atoms. The minimum atomic E-state index is -1.14. The summed E-state index contributed by atoms with van der Waals surface area (Å²) in [5.74, 6) is 0.0905. The minimum Gasteiger partial charge on any atom is -0.497 e. The Kier molecular flexibility index (Phi) is 4.98. The van der Waals surface area contributed by atoms with Gasteiger partial charge in [0.15, 0.2) is 0 Å². The number of fused-ring (bicyclic) bond motifs is 6. The second-order valence-electron chi connectivity index (χ2n) is 8.85. The van der Waals surface area contributed by atoms with Crippen molar-refractivity contribution >= 4 is 16.9 Å². The molecule has 6 atom stereocenters. The van der Waals surface area contributed by atoms with Crippen LogP contribution in [0.4, 0.5) is 4.39 Å². The summed E-state index contributed by atoms with van der Waals surface area (Å²) < 4.78 is 30.8. The normalized spacial score (nSPS) is 33.5. The van der Waals surface area contributed by atoms with Crippen molar-refractivity contribution in [1.82, 2.24) is 9.88 Å². The predicted octanol–water partition coefficient (Wildman–Crippen LogP) is 3.26. The van der Waals surface area contributed by atoms with E-state index in [-0.39, 0.29) is 23.8 Å². The first-order valence-corrected chi connectivity index (χ1v) is 10.7. The monoisotopic (exact) mass is 416 g/mol. The molecule has 3 heterocycles. The van der Waals surface area contributed by atoms with Gasteiger partial charge in [-0.3, -0.25) is 9.69 Å². The van der Waals surface area contributed by atoms with Gasteiger partial charge in [0.1, 0.15) is 18.0 Å². The van der Waals surface area contributed by atoms with Crippen molar-refractivity contribution in [2.75, 3.05) is 34.4 Å². The molecule has 3 aliphatic rings. The average molecular weight is 416 g/mol. The number of hydrogen-bond acceptors (Lipinski definition) is 5. The molecule has 1 aliphatic carbocycles. The highest BCUT2D eigenvalue weighted by molar-refractivity contribution is 5.86. The molecule has 0 spiro atoms. The van der Waals surface area contributed by atoms with Gasteiger partial charge >= 0.3 is 5.97 Å². The third-order valence-corrected chi connectivity index (χ3v) is 7.58. The molecular formula is C23H29FN2O4. The van der Waals surface area contributed by atoms with Crippen molar-refractivity contribution in [3.8, 4) is 5.75 Å². The molecule has 0 radical (unpaired) electrons. The second-order valence-corrected chi connectivity index (χ2v) is 8.85. The maximum absolute atomic E-state index is 14.9. The van der Waals surface area contributed by atoms with E-state index in [1.807, 2.05) is 12.1 Å². The van der Waals surface area contributed by atoms with E-state index < -0.39 is 18.2 Å². The number of hydrogen-bond donors (Lipinski definition) is 1. The van der Waals surface area contributed by atoms with Gasteiger partial charge in [0.25, 0.3) is 0 Å². The number of carbonyl (C=O) groups is 1. The van der Waals surface area contributed by atoms with Gasteiger partial charge in [-0.05, 0) is 48.8 Å². The molecule has 7 heteroatoms. The van der Waals surface area contributed by atoms with Crippen molar-refractivity contribution in [3.63, 3.8) is 0 Å². The highest BCUT2D eigenvalue weighted by atomic mass is 19.1. The molecule has 1 N–H and O–H groups in total. The van der Waals surface area contributed by atoms with E-state index in [1.165, 1.54) is 30.9 Å². The molecule has 0 bridgehead atoms. The fourth-order valence-electron chi connectivity index (χ4n) is 6.22. The van der Waals surface area contributed by atoms with Crippen molar-refractivity contribution in [2.45, 2.75) is 37.6 Å². The molecule has 2 aliphatic heterocycles. The van der Waals surface area contributed by atoms with Gasteiger partial charge < -0.3 is 19.2 Å². The Morgan fingerprint density at radius 3 is 2.80 bits per heavy atom. The van der Waals surface area contributed by atoms with Gasteiger partial charge in [0, 0.05) is 42.9 Å². The molecule has 6 nitrogen and oxygen atoms in total. The first kappa shape index (κ1) is 19.8. The third kappa shape index (κ3) is 2.94. The van der Waals surface area contributed by atoms with Gasteiger partial charge in [0.05, 0.1) is 26.2 Å². The zero-order chi connectivity index (χ0) is 21.0. The highest BCUT2D eigenvalue weighted by Crippen LogP contribution is 2.50.